The molecule has 0 radical (unpaired) electrons. The molecule has 4 heteroatoms. The number of rotatable bonds is 4. The molecule has 0 bridgehead atoms. The topological polar surface area (TPSA) is 44.8 Å². The second-order valence-corrected chi connectivity index (χ2v) is 5.01. The van der Waals surface area contributed by atoms with E-state index in [1.54, 1.807) is 26.4 Å². The van der Waals surface area contributed by atoms with Gasteiger partial charge in [-0.3, -0.25) is 4.79 Å². The summed E-state index contributed by atoms with van der Waals surface area (Å²) in [4.78, 5) is 11.7. The third-order valence-electron chi connectivity index (χ3n) is 2.40. The Morgan fingerprint density at radius 3 is 1.94 bits per heavy atom. The molecule has 1 aromatic rings. The van der Waals surface area contributed by atoms with Gasteiger partial charge in [0.05, 0.1) is 5.41 Å². The van der Waals surface area contributed by atoms with Crippen LogP contribution in [0.25, 0.3) is 0 Å². The van der Waals surface area contributed by atoms with E-state index in [-0.39, 0.29) is 5.97 Å². The molecule has 18 heavy (non-hydrogen) atoms. The van der Waals surface area contributed by atoms with Crippen molar-refractivity contribution in [2.75, 3.05) is 14.2 Å². The summed E-state index contributed by atoms with van der Waals surface area (Å²) in [6, 6.07) is 7.07. The van der Waals surface area contributed by atoms with Crippen LogP contribution < -0.4 is 4.74 Å². The van der Waals surface area contributed by atoms with E-state index in [0.29, 0.717) is 5.75 Å². The summed E-state index contributed by atoms with van der Waals surface area (Å²) >= 11 is 0. The van der Waals surface area contributed by atoms with Crippen molar-refractivity contribution < 1.29 is 19.0 Å². The monoisotopic (exact) mass is 252 g/mol. The Labute approximate surface area is 108 Å². The van der Waals surface area contributed by atoms with Crippen LogP contribution >= 0.6 is 0 Å². The Hall–Kier alpha value is -1.39. The van der Waals surface area contributed by atoms with Crippen molar-refractivity contribution in [2.45, 2.75) is 27.1 Å². The molecule has 1 aromatic carbocycles. The molecular formula is C14H20O4. The molecule has 0 aliphatic carbocycles. The summed E-state index contributed by atoms with van der Waals surface area (Å²) in [5.74, 6) is 0.259. The normalized spacial score (nSPS) is 11.7. The fraction of sp³-hybridized carbons (Fsp3) is 0.500. The van der Waals surface area contributed by atoms with Crippen molar-refractivity contribution in [1.82, 2.24) is 0 Å². The lowest BCUT2D eigenvalue weighted by Gasteiger charge is -2.17. The summed E-state index contributed by atoms with van der Waals surface area (Å²) < 4.78 is 15.5. The van der Waals surface area contributed by atoms with E-state index in [2.05, 4.69) is 0 Å². The van der Waals surface area contributed by atoms with E-state index in [1.165, 1.54) is 0 Å². The maximum absolute atomic E-state index is 11.7. The van der Waals surface area contributed by atoms with Gasteiger partial charge >= 0.3 is 5.97 Å². The standard InChI is InChI=1S/C14H20O4/c1-14(2,3)13(15)18-11-8-6-10(7-9-11)12(16-4)17-5/h6-9,12H,1-5H3. The third kappa shape index (κ3) is 3.82. The minimum Gasteiger partial charge on any atom is -0.426 e. The van der Waals surface area contributed by atoms with E-state index in [0.717, 1.165) is 5.56 Å². The molecule has 0 saturated heterocycles. The first-order chi connectivity index (χ1) is 8.38. The van der Waals surface area contributed by atoms with E-state index < -0.39 is 11.7 Å². The van der Waals surface area contributed by atoms with E-state index in [4.69, 9.17) is 14.2 Å². The average Bonchev–Trinajstić information content (AvgIpc) is 2.31. The lowest BCUT2D eigenvalue weighted by Crippen LogP contribution is -2.25. The second kappa shape index (κ2) is 5.98. The Kier molecular flexibility index (Phi) is 4.87. The number of hydrogen-bond acceptors (Lipinski definition) is 4. The van der Waals surface area contributed by atoms with Crippen molar-refractivity contribution in [2.24, 2.45) is 5.41 Å². The minimum absolute atomic E-state index is 0.259. The molecule has 100 valence electrons. The summed E-state index contributed by atoms with van der Waals surface area (Å²) in [6.07, 6.45) is -0.405. The Morgan fingerprint density at radius 2 is 1.56 bits per heavy atom. The van der Waals surface area contributed by atoms with Crippen LogP contribution in [0.1, 0.15) is 32.6 Å². The van der Waals surface area contributed by atoms with Crippen LogP contribution in [0.5, 0.6) is 5.75 Å². The summed E-state index contributed by atoms with van der Waals surface area (Å²) in [7, 11) is 3.14. The molecule has 0 aliphatic heterocycles. The highest BCUT2D eigenvalue weighted by Gasteiger charge is 2.23. The van der Waals surface area contributed by atoms with Gasteiger partial charge in [0.15, 0.2) is 6.29 Å². The summed E-state index contributed by atoms with van der Waals surface area (Å²) in [5.41, 5.74) is 0.357. The van der Waals surface area contributed by atoms with Gasteiger partial charge in [-0.2, -0.15) is 0 Å². The maximum atomic E-state index is 11.7. The van der Waals surface area contributed by atoms with Crippen molar-refractivity contribution in [3.63, 3.8) is 0 Å². The van der Waals surface area contributed by atoms with E-state index in [9.17, 15) is 4.79 Å². The molecule has 0 atom stereocenters. The van der Waals surface area contributed by atoms with Crippen LogP contribution in [-0.2, 0) is 14.3 Å². The fourth-order valence-electron chi connectivity index (χ4n) is 1.32. The fourth-order valence-corrected chi connectivity index (χ4v) is 1.32. The van der Waals surface area contributed by atoms with Gasteiger partial charge in [0.1, 0.15) is 5.75 Å². The number of esters is 1. The van der Waals surface area contributed by atoms with Crippen LogP contribution in [0, 0.1) is 5.41 Å². The molecule has 0 amide bonds. The van der Waals surface area contributed by atoms with Gasteiger partial charge in [-0.05, 0) is 32.9 Å². The predicted octanol–water partition coefficient (Wildman–Crippen LogP) is 2.93. The first-order valence-corrected chi connectivity index (χ1v) is 5.76. The smallest absolute Gasteiger partial charge is 0.316 e. The maximum Gasteiger partial charge on any atom is 0.316 e. The number of methoxy groups -OCH3 is 2. The Morgan fingerprint density at radius 1 is 1.06 bits per heavy atom. The molecule has 0 unspecified atom stereocenters. The second-order valence-electron chi connectivity index (χ2n) is 5.01. The SMILES string of the molecule is COC(OC)c1ccc(OC(=O)C(C)(C)C)cc1. The minimum atomic E-state index is -0.514. The van der Waals surface area contributed by atoms with Crippen LogP contribution in [0.15, 0.2) is 24.3 Å². The molecule has 0 heterocycles. The molecule has 4 nitrogen and oxygen atoms in total. The van der Waals surface area contributed by atoms with Crippen LogP contribution in [-0.4, -0.2) is 20.2 Å². The quantitative estimate of drug-likeness (QED) is 0.469. The van der Waals surface area contributed by atoms with Gasteiger partial charge < -0.3 is 14.2 Å². The summed E-state index contributed by atoms with van der Waals surface area (Å²) in [5, 5.41) is 0. The highest BCUT2D eigenvalue weighted by molar-refractivity contribution is 5.77. The first kappa shape index (κ1) is 14.7. The zero-order valence-electron chi connectivity index (χ0n) is 11.5. The lowest BCUT2D eigenvalue weighted by molar-refractivity contribution is -0.143. The van der Waals surface area contributed by atoms with Crippen molar-refractivity contribution in [3.05, 3.63) is 29.8 Å². The first-order valence-electron chi connectivity index (χ1n) is 5.76. The van der Waals surface area contributed by atoms with Crippen molar-refractivity contribution >= 4 is 5.97 Å². The third-order valence-corrected chi connectivity index (χ3v) is 2.40. The Bertz CT molecular complexity index is 385. The molecule has 0 aliphatic rings. The van der Waals surface area contributed by atoms with Gasteiger partial charge in [-0.25, -0.2) is 0 Å². The average molecular weight is 252 g/mol. The zero-order chi connectivity index (χ0) is 13.8. The van der Waals surface area contributed by atoms with Crippen molar-refractivity contribution in [3.8, 4) is 5.75 Å². The number of ether oxygens (including phenoxy) is 3. The summed E-state index contributed by atoms with van der Waals surface area (Å²) in [6.45, 7) is 5.45. The van der Waals surface area contributed by atoms with Crippen LogP contribution in [0.2, 0.25) is 0 Å². The van der Waals surface area contributed by atoms with Crippen LogP contribution in [0.3, 0.4) is 0 Å². The van der Waals surface area contributed by atoms with Gasteiger partial charge in [0, 0.05) is 19.8 Å². The molecule has 0 spiro atoms. The lowest BCUT2D eigenvalue weighted by atomic mass is 9.97. The number of hydrogen-bond donors (Lipinski definition) is 0. The molecule has 1 rings (SSSR count). The van der Waals surface area contributed by atoms with Gasteiger partial charge in [0.25, 0.3) is 0 Å². The number of carbonyl (C=O) groups excluding carboxylic acids is 1. The van der Waals surface area contributed by atoms with E-state index >= 15 is 0 Å². The Balaban J connectivity index is 2.75. The highest BCUT2D eigenvalue weighted by atomic mass is 16.7. The molecule has 0 aromatic heterocycles. The highest BCUT2D eigenvalue weighted by Crippen LogP contribution is 2.23. The van der Waals surface area contributed by atoms with Gasteiger partial charge in [-0.1, -0.05) is 12.1 Å². The van der Waals surface area contributed by atoms with Crippen LogP contribution in [0.4, 0.5) is 0 Å². The van der Waals surface area contributed by atoms with Crippen molar-refractivity contribution in [1.29, 1.82) is 0 Å². The van der Waals surface area contributed by atoms with Gasteiger partial charge in [0.2, 0.25) is 0 Å². The predicted molar refractivity (Wildman–Crippen MR) is 68.3 cm³/mol. The molecule has 0 N–H and O–H groups in total. The largest absolute Gasteiger partial charge is 0.426 e. The number of benzene rings is 1. The number of carbonyl (C=O) groups is 1. The zero-order valence-corrected chi connectivity index (χ0v) is 11.5. The molecule has 0 saturated carbocycles. The molecule has 0 fully saturated rings. The van der Waals surface area contributed by atoms with Gasteiger partial charge in [-0.15, -0.1) is 0 Å². The molecular weight excluding hydrogens is 232 g/mol. The van der Waals surface area contributed by atoms with E-state index in [1.807, 2.05) is 32.9 Å².